The number of fused-ring (bicyclic) bond motifs is 1. The quantitative estimate of drug-likeness (QED) is 0.477. The number of aromatic nitrogens is 2. The molecule has 0 bridgehead atoms. The minimum atomic E-state index is -1.64. The van der Waals surface area contributed by atoms with Crippen molar-refractivity contribution in [3.05, 3.63) is 45.8 Å². The first-order valence-corrected chi connectivity index (χ1v) is 8.71. The minimum Gasteiger partial charge on any atom is -0.480 e. The van der Waals surface area contributed by atoms with Gasteiger partial charge in [0.15, 0.2) is 23.3 Å². The van der Waals surface area contributed by atoms with Crippen LogP contribution in [-0.2, 0) is 11.3 Å². The van der Waals surface area contributed by atoms with Crippen LogP contribution in [0.5, 0.6) is 5.88 Å². The summed E-state index contributed by atoms with van der Waals surface area (Å²) in [6, 6.07) is 1.71. The van der Waals surface area contributed by atoms with Crippen molar-refractivity contribution < 1.29 is 27.4 Å². The van der Waals surface area contributed by atoms with Gasteiger partial charge in [-0.05, 0) is 24.6 Å². The lowest BCUT2D eigenvalue weighted by molar-refractivity contribution is 0.0966. The van der Waals surface area contributed by atoms with Gasteiger partial charge in [-0.25, -0.2) is 18.2 Å². The van der Waals surface area contributed by atoms with Crippen LogP contribution in [0.4, 0.5) is 18.9 Å². The predicted molar refractivity (Wildman–Crippen MR) is 96.8 cm³/mol. The number of halogens is 3. The van der Waals surface area contributed by atoms with Crippen molar-refractivity contribution in [2.45, 2.75) is 13.5 Å². The highest BCUT2D eigenvalue weighted by molar-refractivity contribution is 7.20. The molecule has 0 fully saturated rings. The van der Waals surface area contributed by atoms with E-state index >= 15 is 0 Å². The molecule has 2 heterocycles. The number of methoxy groups -OCH3 is 2. The number of thiophene rings is 1. The van der Waals surface area contributed by atoms with Gasteiger partial charge in [0.1, 0.15) is 11.4 Å². The summed E-state index contributed by atoms with van der Waals surface area (Å²) in [5, 5.41) is 0.566. The van der Waals surface area contributed by atoms with Gasteiger partial charge >= 0.3 is 0 Å². The molecule has 7 nitrogen and oxygen atoms in total. The second kappa shape index (κ2) is 7.98. The summed E-state index contributed by atoms with van der Waals surface area (Å²) < 4.78 is 50.3. The van der Waals surface area contributed by atoms with E-state index in [9.17, 15) is 18.0 Å². The number of anilines is 1. The molecular formula is C17H15F3N4O3S. The number of hydrogen-bond acceptors (Lipinski definition) is 7. The second-order valence-electron chi connectivity index (χ2n) is 5.62. The average Bonchev–Trinajstić information content (AvgIpc) is 3.01. The second-order valence-corrected chi connectivity index (χ2v) is 6.62. The van der Waals surface area contributed by atoms with E-state index in [1.165, 1.54) is 14.2 Å². The smallest absolute Gasteiger partial charge is 0.280 e. The van der Waals surface area contributed by atoms with E-state index in [1.807, 2.05) is 0 Å². The van der Waals surface area contributed by atoms with E-state index in [0.29, 0.717) is 27.5 Å². The fourth-order valence-corrected chi connectivity index (χ4v) is 3.59. The number of amides is 1. The summed E-state index contributed by atoms with van der Waals surface area (Å²) in [6.07, 6.45) is 0. The normalized spacial score (nSPS) is 10.9. The maximum absolute atomic E-state index is 13.7. The third-order valence-electron chi connectivity index (χ3n) is 3.82. The number of nitrogens with zero attached hydrogens (tertiary/aromatic N) is 2. The number of hydrogen-bond donors (Lipinski definition) is 2. The van der Waals surface area contributed by atoms with E-state index in [2.05, 4.69) is 20.8 Å². The molecule has 0 unspecified atom stereocenters. The highest BCUT2D eigenvalue weighted by Crippen LogP contribution is 2.35. The monoisotopic (exact) mass is 412 g/mol. The van der Waals surface area contributed by atoms with Crippen molar-refractivity contribution in [3.63, 3.8) is 0 Å². The number of benzene rings is 1. The van der Waals surface area contributed by atoms with Gasteiger partial charge in [-0.3, -0.25) is 15.6 Å². The first-order valence-electron chi connectivity index (χ1n) is 7.90. The Hall–Kier alpha value is -2.92. The maximum atomic E-state index is 13.7. The number of nitrogens with one attached hydrogen (secondary N) is 2. The molecule has 1 amide bonds. The molecule has 28 heavy (non-hydrogen) atoms. The standard InChI is InChI=1S/C17H15F3N4O3S/c1-7-11-16(27-3)21-10(6-26-2)22-17(11)28-14(7)15(25)24-23-9-5-4-8(18)12(19)13(9)20/h4-5,23H,6H2,1-3H3,(H,24,25). The van der Waals surface area contributed by atoms with Crippen LogP contribution in [0.25, 0.3) is 10.2 Å². The third-order valence-corrected chi connectivity index (χ3v) is 5.01. The maximum Gasteiger partial charge on any atom is 0.280 e. The molecular weight excluding hydrogens is 397 g/mol. The Bertz CT molecular complexity index is 1060. The molecule has 2 aromatic heterocycles. The molecule has 3 rings (SSSR count). The Morgan fingerprint density at radius 3 is 2.61 bits per heavy atom. The zero-order valence-corrected chi connectivity index (χ0v) is 15.8. The average molecular weight is 412 g/mol. The van der Waals surface area contributed by atoms with Crippen LogP contribution < -0.4 is 15.6 Å². The number of aryl methyl sites for hydroxylation is 1. The molecule has 0 saturated heterocycles. The Kier molecular flexibility index (Phi) is 5.66. The first-order chi connectivity index (χ1) is 13.4. The molecule has 1 aromatic carbocycles. The molecule has 0 radical (unpaired) electrons. The molecule has 0 atom stereocenters. The molecule has 11 heteroatoms. The highest BCUT2D eigenvalue weighted by Gasteiger charge is 2.22. The van der Waals surface area contributed by atoms with Crippen molar-refractivity contribution in [3.8, 4) is 5.88 Å². The lowest BCUT2D eigenvalue weighted by Crippen LogP contribution is -2.29. The van der Waals surface area contributed by atoms with E-state index in [4.69, 9.17) is 9.47 Å². The molecule has 2 N–H and O–H groups in total. The third kappa shape index (κ3) is 3.58. The SMILES string of the molecule is COCc1nc(OC)c2c(C)c(C(=O)NNc3ccc(F)c(F)c3F)sc2n1. The van der Waals surface area contributed by atoms with Crippen molar-refractivity contribution in [1.29, 1.82) is 0 Å². The summed E-state index contributed by atoms with van der Waals surface area (Å²) in [4.78, 5) is 21.9. The molecule has 148 valence electrons. The van der Waals surface area contributed by atoms with Gasteiger partial charge < -0.3 is 9.47 Å². The zero-order chi connectivity index (χ0) is 20.4. The van der Waals surface area contributed by atoms with E-state index in [0.717, 1.165) is 23.5 Å². The summed E-state index contributed by atoms with van der Waals surface area (Å²) >= 11 is 1.08. The van der Waals surface area contributed by atoms with Gasteiger partial charge in [0.2, 0.25) is 5.88 Å². The fourth-order valence-electron chi connectivity index (χ4n) is 2.51. The number of carbonyl (C=O) groups excluding carboxylic acids is 1. The summed E-state index contributed by atoms with van der Waals surface area (Å²) in [7, 11) is 2.95. The number of hydrazine groups is 1. The van der Waals surface area contributed by atoms with Crippen molar-refractivity contribution in [2.75, 3.05) is 19.6 Å². The van der Waals surface area contributed by atoms with Crippen LogP contribution >= 0.6 is 11.3 Å². The molecule has 0 aliphatic carbocycles. The molecule has 3 aromatic rings. The molecule has 0 aliphatic heterocycles. The molecule has 0 spiro atoms. The Morgan fingerprint density at radius 1 is 1.18 bits per heavy atom. The number of carbonyl (C=O) groups is 1. The van der Waals surface area contributed by atoms with Gasteiger partial charge in [0.25, 0.3) is 5.91 Å². The lowest BCUT2D eigenvalue weighted by atomic mass is 10.2. The van der Waals surface area contributed by atoms with Crippen LogP contribution in [0.1, 0.15) is 21.1 Å². The van der Waals surface area contributed by atoms with E-state index in [1.54, 1.807) is 6.92 Å². The van der Waals surface area contributed by atoms with Gasteiger partial charge in [-0.1, -0.05) is 0 Å². The van der Waals surface area contributed by atoms with Crippen LogP contribution in [0.15, 0.2) is 12.1 Å². The van der Waals surface area contributed by atoms with Gasteiger partial charge in [-0.15, -0.1) is 11.3 Å². The van der Waals surface area contributed by atoms with Gasteiger partial charge in [-0.2, -0.15) is 4.98 Å². The van der Waals surface area contributed by atoms with Crippen LogP contribution in [0.3, 0.4) is 0 Å². The minimum absolute atomic E-state index is 0.168. The molecule has 0 saturated carbocycles. The van der Waals surface area contributed by atoms with Gasteiger partial charge in [0, 0.05) is 7.11 Å². The highest BCUT2D eigenvalue weighted by atomic mass is 32.1. The van der Waals surface area contributed by atoms with Crippen LogP contribution in [0, 0.1) is 24.4 Å². The first kappa shape index (κ1) is 19.8. The Balaban J connectivity index is 1.90. The van der Waals surface area contributed by atoms with Crippen molar-refractivity contribution in [1.82, 2.24) is 15.4 Å². The summed E-state index contributed by atoms with van der Waals surface area (Å²) in [5.41, 5.74) is 4.66. The number of rotatable bonds is 6. The van der Waals surface area contributed by atoms with Crippen molar-refractivity contribution in [2.24, 2.45) is 0 Å². The largest absolute Gasteiger partial charge is 0.480 e. The topological polar surface area (TPSA) is 85.4 Å². The Morgan fingerprint density at radius 2 is 1.93 bits per heavy atom. The van der Waals surface area contributed by atoms with E-state index in [-0.39, 0.29) is 11.5 Å². The molecule has 0 aliphatic rings. The Labute approximate surface area is 161 Å². The summed E-state index contributed by atoms with van der Waals surface area (Å²) in [5.74, 6) is -4.33. The summed E-state index contributed by atoms with van der Waals surface area (Å²) in [6.45, 7) is 1.86. The zero-order valence-electron chi connectivity index (χ0n) is 15.0. The van der Waals surface area contributed by atoms with Crippen molar-refractivity contribution >= 4 is 33.1 Å². The van der Waals surface area contributed by atoms with Crippen LogP contribution in [-0.4, -0.2) is 30.1 Å². The number of ether oxygens (including phenoxy) is 2. The van der Waals surface area contributed by atoms with E-state index < -0.39 is 29.0 Å². The predicted octanol–water partition coefficient (Wildman–Crippen LogP) is 3.33. The lowest BCUT2D eigenvalue weighted by Gasteiger charge is -2.09. The fraction of sp³-hybridized carbons (Fsp3) is 0.235. The van der Waals surface area contributed by atoms with Gasteiger partial charge in [0.05, 0.1) is 23.1 Å². The van der Waals surface area contributed by atoms with Crippen LogP contribution in [0.2, 0.25) is 0 Å².